The van der Waals surface area contributed by atoms with Crippen molar-refractivity contribution in [1.82, 2.24) is 10.6 Å². The van der Waals surface area contributed by atoms with Gasteiger partial charge in [-0.25, -0.2) is 0 Å². The second kappa shape index (κ2) is 8.24. The van der Waals surface area contributed by atoms with Gasteiger partial charge in [-0.2, -0.15) is 0 Å². The second-order valence-electron chi connectivity index (χ2n) is 4.97. The summed E-state index contributed by atoms with van der Waals surface area (Å²) >= 11 is 0. The molecule has 0 spiro atoms. The fraction of sp³-hybridized carbons (Fsp3) is 0.500. The fourth-order valence-electron chi connectivity index (χ4n) is 2.22. The average molecular weight is 339 g/mol. The van der Waals surface area contributed by atoms with Crippen LogP contribution in [0.15, 0.2) is 24.3 Å². The summed E-state index contributed by atoms with van der Waals surface area (Å²) in [5.74, 6) is -0.435. The molecule has 4 nitrogen and oxygen atoms in total. The number of carbonyl (C=O) groups excluding carboxylic acids is 1. The summed E-state index contributed by atoms with van der Waals surface area (Å²) in [4.78, 5) is 11.7. The number of ether oxygens (including phenoxy) is 1. The summed E-state index contributed by atoms with van der Waals surface area (Å²) < 4.78 is 39.8. The van der Waals surface area contributed by atoms with Crippen molar-refractivity contribution in [2.45, 2.75) is 31.7 Å². The Bertz CT molecular complexity index is 474. The lowest BCUT2D eigenvalue weighted by molar-refractivity contribution is -0.274. The molecule has 2 rings (SSSR count). The molecule has 1 unspecified atom stereocenters. The van der Waals surface area contributed by atoms with Gasteiger partial charge in [-0.15, -0.1) is 25.6 Å². The molecule has 0 saturated carbocycles. The molecule has 1 aromatic rings. The van der Waals surface area contributed by atoms with E-state index < -0.39 is 6.36 Å². The number of hydrogen-bond donors (Lipinski definition) is 2. The molecule has 0 bridgehead atoms. The number of amides is 1. The van der Waals surface area contributed by atoms with Crippen LogP contribution in [0, 0.1) is 0 Å². The van der Waals surface area contributed by atoms with Crippen molar-refractivity contribution in [3.05, 3.63) is 29.8 Å². The predicted molar refractivity (Wildman–Crippen MR) is 78.1 cm³/mol. The summed E-state index contributed by atoms with van der Waals surface area (Å²) in [6.45, 7) is 1.55. The van der Waals surface area contributed by atoms with Crippen LogP contribution < -0.4 is 15.4 Å². The van der Waals surface area contributed by atoms with E-state index in [0.717, 1.165) is 19.4 Å². The minimum atomic E-state index is -4.70. The van der Waals surface area contributed by atoms with E-state index in [0.29, 0.717) is 18.2 Å². The van der Waals surface area contributed by atoms with E-state index in [4.69, 9.17) is 0 Å². The van der Waals surface area contributed by atoms with Crippen molar-refractivity contribution < 1.29 is 22.7 Å². The van der Waals surface area contributed by atoms with Crippen LogP contribution in [-0.2, 0) is 11.2 Å². The number of hydrogen-bond acceptors (Lipinski definition) is 3. The maximum Gasteiger partial charge on any atom is 0.573 e. The lowest BCUT2D eigenvalue weighted by Crippen LogP contribution is -2.37. The van der Waals surface area contributed by atoms with Crippen molar-refractivity contribution in [2.75, 3.05) is 13.1 Å². The van der Waals surface area contributed by atoms with E-state index in [1.54, 1.807) is 0 Å². The topological polar surface area (TPSA) is 50.4 Å². The molecule has 1 fully saturated rings. The number of nitrogens with one attached hydrogen (secondary N) is 2. The molecule has 2 N–H and O–H groups in total. The molecule has 0 radical (unpaired) electrons. The van der Waals surface area contributed by atoms with Gasteiger partial charge in [0, 0.05) is 12.6 Å². The van der Waals surface area contributed by atoms with Crippen molar-refractivity contribution in [3.8, 4) is 5.75 Å². The van der Waals surface area contributed by atoms with E-state index in [-0.39, 0.29) is 30.5 Å². The van der Waals surface area contributed by atoms with Crippen molar-refractivity contribution in [3.63, 3.8) is 0 Å². The number of rotatable bonds is 5. The molecule has 0 aromatic heterocycles. The highest BCUT2D eigenvalue weighted by molar-refractivity contribution is 5.85. The lowest BCUT2D eigenvalue weighted by Gasteiger charge is -2.12. The maximum atomic E-state index is 12.0. The third kappa shape index (κ3) is 6.53. The third-order valence-corrected chi connectivity index (χ3v) is 3.23. The van der Waals surface area contributed by atoms with Crippen molar-refractivity contribution in [1.29, 1.82) is 0 Å². The van der Waals surface area contributed by atoms with E-state index in [1.165, 1.54) is 24.3 Å². The SMILES string of the molecule is Cl.O=C(Cc1ccc(OC(F)(F)F)cc1)NCC1CCCN1. The Balaban J connectivity index is 0.00000242. The lowest BCUT2D eigenvalue weighted by atomic mass is 10.1. The monoisotopic (exact) mass is 338 g/mol. The van der Waals surface area contributed by atoms with Crippen LogP contribution in [0.3, 0.4) is 0 Å². The van der Waals surface area contributed by atoms with Crippen LogP contribution >= 0.6 is 12.4 Å². The molecular weight excluding hydrogens is 321 g/mol. The van der Waals surface area contributed by atoms with Crippen LogP contribution in [-0.4, -0.2) is 31.4 Å². The molecular formula is C14H18ClF3N2O2. The van der Waals surface area contributed by atoms with Gasteiger partial charge in [0.05, 0.1) is 6.42 Å². The van der Waals surface area contributed by atoms with E-state index in [1.807, 2.05) is 0 Å². The van der Waals surface area contributed by atoms with Crippen LogP contribution in [0.1, 0.15) is 18.4 Å². The minimum absolute atomic E-state index is 0. The Morgan fingerprint density at radius 2 is 2.00 bits per heavy atom. The first-order valence-electron chi connectivity index (χ1n) is 6.77. The Kier molecular flexibility index (Phi) is 6.96. The average Bonchev–Trinajstić information content (AvgIpc) is 2.90. The highest BCUT2D eigenvalue weighted by Gasteiger charge is 2.30. The Labute approximate surface area is 132 Å². The van der Waals surface area contributed by atoms with Crippen LogP contribution in [0.25, 0.3) is 0 Å². The van der Waals surface area contributed by atoms with Crippen molar-refractivity contribution in [2.24, 2.45) is 0 Å². The Morgan fingerprint density at radius 3 is 2.55 bits per heavy atom. The number of carbonyl (C=O) groups is 1. The molecule has 1 aromatic carbocycles. The van der Waals surface area contributed by atoms with E-state index in [2.05, 4.69) is 15.4 Å². The molecule has 1 atom stereocenters. The fourth-order valence-corrected chi connectivity index (χ4v) is 2.22. The zero-order valence-corrected chi connectivity index (χ0v) is 12.6. The number of benzene rings is 1. The summed E-state index contributed by atoms with van der Waals surface area (Å²) in [5.41, 5.74) is 0.640. The summed E-state index contributed by atoms with van der Waals surface area (Å²) in [6, 6.07) is 5.63. The zero-order valence-electron chi connectivity index (χ0n) is 11.8. The zero-order chi connectivity index (χ0) is 15.3. The molecule has 124 valence electrons. The first-order valence-corrected chi connectivity index (χ1v) is 6.77. The Hall–Kier alpha value is -1.47. The third-order valence-electron chi connectivity index (χ3n) is 3.23. The minimum Gasteiger partial charge on any atom is -0.406 e. The molecule has 1 aliphatic heterocycles. The molecule has 1 saturated heterocycles. The van der Waals surface area contributed by atoms with Crippen molar-refractivity contribution >= 4 is 18.3 Å². The molecule has 1 amide bonds. The van der Waals surface area contributed by atoms with Gasteiger partial charge in [0.15, 0.2) is 0 Å². The van der Waals surface area contributed by atoms with Gasteiger partial charge < -0.3 is 15.4 Å². The standard InChI is InChI=1S/C14H17F3N2O2.ClH/c15-14(16,17)21-12-5-3-10(4-6-12)8-13(20)19-9-11-2-1-7-18-11;/h3-6,11,18H,1-2,7-9H2,(H,19,20);1H. The highest BCUT2D eigenvalue weighted by Crippen LogP contribution is 2.22. The summed E-state index contributed by atoms with van der Waals surface area (Å²) in [6.07, 6.45) is -2.41. The predicted octanol–water partition coefficient (Wildman–Crippen LogP) is 2.42. The van der Waals surface area contributed by atoms with Gasteiger partial charge in [0.2, 0.25) is 5.91 Å². The highest BCUT2D eigenvalue weighted by atomic mass is 35.5. The number of halogens is 4. The number of alkyl halides is 3. The molecule has 1 aliphatic rings. The normalized spacial score (nSPS) is 17.7. The molecule has 22 heavy (non-hydrogen) atoms. The van der Waals surface area contributed by atoms with Gasteiger partial charge in [-0.1, -0.05) is 12.1 Å². The molecule has 0 aliphatic carbocycles. The van der Waals surface area contributed by atoms with Gasteiger partial charge in [-0.3, -0.25) is 4.79 Å². The second-order valence-corrected chi connectivity index (χ2v) is 4.97. The van der Waals surface area contributed by atoms with E-state index in [9.17, 15) is 18.0 Å². The first-order chi connectivity index (χ1) is 9.92. The van der Waals surface area contributed by atoms with Gasteiger partial charge in [-0.05, 0) is 37.1 Å². The Morgan fingerprint density at radius 1 is 1.32 bits per heavy atom. The largest absolute Gasteiger partial charge is 0.573 e. The quantitative estimate of drug-likeness (QED) is 0.867. The van der Waals surface area contributed by atoms with Crippen LogP contribution in [0.2, 0.25) is 0 Å². The van der Waals surface area contributed by atoms with Gasteiger partial charge in [0.25, 0.3) is 0 Å². The smallest absolute Gasteiger partial charge is 0.406 e. The maximum absolute atomic E-state index is 12.0. The van der Waals surface area contributed by atoms with E-state index >= 15 is 0 Å². The van der Waals surface area contributed by atoms with Crippen LogP contribution in [0.4, 0.5) is 13.2 Å². The van der Waals surface area contributed by atoms with Gasteiger partial charge in [0.1, 0.15) is 5.75 Å². The van der Waals surface area contributed by atoms with Gasteiger partial charge >= 0.3 is 6.36 Å². The van der Waals surface area contributed by atoms with Crippen LogP contribution in [0.5, 0.6) is 5.75 Å². The summed E-state index contributed by atoms with van der Waals surface area (Å²) in [5, 5.41) is 6.08. The first kappa shape index (κ1) is 18.6. The molecule has 8 heteroatoms. The molecule has 1 heterocycles. The summed E-state index contributed by atoms with van der Waals surface area (Å²) in [7, 11) is 0.